The van der Waals surface area contributed by atoms with Crippen LogP contribution in [0.2, 0.25) is 0 Å². The number of rotatable bonds is 7. The van der Waals surface area contributed by atoms with Gasteiger partial charge in [0.2, 0.25) is 6.29 Å². The lowest BCUT2D eigenvalue weighted by atomic mass is 9.99. The third-order valence-corrected chi connectivity index (χ3v) is 5.06. The number of carbonyl (C=O) groups is 1. The first-order valence-electron chi connectivity index (χ1n) is 9.62. The van der Waals surface area contributed by atoms with Gasteiger partial charge in [0.05, 0.1) is 6.61 Å². The number of aryl methyl sites for hydroxylation is 1. The fraction of sp³-hybridized carbons (Fsp3) is 0.381. The summed E-state index contributed by atoms with van der Waals surface area (Å²) < 4.78 is 10.8. The summed E-state index contributed by atoms with van der Waals surface area (Å²) in [6.45, 7) is -0.663. The van der Waals surface area contributed by atoms with Gasteiger partial charge >= 0.3 is 0 Å². The van der Waals surface area contributed by atoms with E-state index in [4.69, 9.17) is 15.2 Å². The lowest BCUT2D eigenvalue weighted by molar-refractivity contribution is -0.277. The summed E-state index contributed by atoms with van der Waals surface area (Å²) in [6.07, 6.45) is -7.46. The van der Waals surface area contributed by atoms with Crippen molar-refractivity contribution in [3.63, 3.8) is 0 Å². The van der Waals surface area contributed by atoms with Crippen molar-refractivity contribution in [2.24, 2.45) is 0 Å². The number of aromatic hydroxyl groups is 2. The Hall–Kier alpha value is -2.89. The molecule has 2 aromatic carbocycles. The normalized spacial score (nSPS) is 25.9. The van der Waals surface area contributed by atoms with Gasteiger partial charge in [-0.3, -0.25) is 4.79 Å². The molecule has 1 heterocycles. The highest BCUT2D eigenvalue weighted by atomic mass is 16.7. The Kier molecular flexibility index (Phi) is 6.98. The van der Waals surface area contributed by atoms with Crippen molar-refractivity contribution in [2.45, 2.75) is 43.5 Å². The summed E-state index contributed by atoms with van der Waals surface area (Å²) in [4.78, 5) is 12.8. The van der Waals surface area contributed by atoms with Crippen molar-refractivity contribution in [1.82, 2.24) is 0 Å². The molecule has 0 unspecified atom stereocenters. The highest BCUT2D eigenvalue weighted by molar-refractivity contribution is 6.01. The van der Waals surface area contributed by atoms with Crippen LogP contribution in [0, 0.1) is 0 Å². The average molecular weight is 435 g/mol. The van der Waals surface area contributed by atoms with Crippen molar-refractivity contribution in [3.05, 3.63) is 47.5 Å². The number of anilines is 1. The first-order valence-corrected chi connectivity index (χ1v) is 9.62. The van der Waals surface area contributed by atoms with Crippen LogP contribution in [-0.2, 0) is 11.2 Å². The standard InChI is InChI=1S/C21H25NO9/c22-11-4-1-10(2-5-11)3-6-13(25)17-14(26)7-12(24)8-15(17)30-21-20(29)19(28)18(27)16(9-23)31-21/h1-2,4-5,7-8,16,18-21,23-24,26-29H,3,6,9,22H2/t16-,18+,19-,20+,21+/m0/s1. The number of nitrogen functional groups attached to an aromatic ring is 1. The third kappa shape index (κ3) is 5.06. The number of ether oxygens (including phenoxy) is 2. The van der Waals surface area contributed by atoms with E-state index in [1.807, 2.05) is 0 Å². The monoisotopic (exact) mass is 435 g/mol. The van der Waals surface area contributed by atoms with E-state index >= 15 is 0 Å². The number of ketones is 1. The van der Waals surface area contributed by atoms with Gasteiger partial charge in [0.1, 0.15) is 47.2 Å². The molecule has 8 N–H and O–H groups in total. The fourth-order valence-electron chi connectivity index (χ4n) is 3.32. The van der Waals surface area contributed by atoms with Crippen molar-refractivity contribution in [2.75, 3.05) is 12.3 Å². The number of phenols is 2. The number of carbonyl (C=O) groups excluding carboxylic acids is 1. The molecule has 0 radical (unpaired) electrons. The van der Waals surface area contributed by atoms with Gasteiger partial charge < -0.3 is 45.8 Å². The molecule has 3 rings (SSSR count). The number of hydrogen-bond donors (Lipinski definition) is 7. The summed E-state index contributed by atoms with van der Waals surface area (Å²) >= 11 is 0. The second kappa shape index (κ2) is 9.50. The highest BCUT2D eigenvalue weighted by Gasteiger charge is 2.45. The van der Waals surface area contributed by atoms with Gasteiger partial charge in [0.25, 0.3) is 0 Å². The molecule has 0 aromatic heterocycles. The van der Waals surface area contributed by atoms with Crippen molar-refractivity contribution < 1.29 is 44.9 Å². The van der Waals surface area contributed by atoms with Gasteiger partial charge in [-0.2, -0.15) is 0 Å². The number of aliphatic hydroxyl groups excluding tert-OH is 4. The molecule has 0 saturated carbocycles. The van der Waals surface area contributed by atoms with Gasteiger partial charge in [-0.1, -0.05) is 12.1 Å². The molecule has 1 fully saturated rings. The van der Waals surface area contributed by atoms with E-state index in [1.54, 1.807) is 24.3 Å². The zero-order valence-corrected chi connectivity index (χ0v) is 16.5. The molecule has 0 bridgehead atoms. The van der Waals surface area contributed by atoms with Gasteiger partial charge in [0, 0.05) is 24.2 Å². The van der Waals surface area contributed by atoms with Crippen molar-refractivity contribution >= 4 is 11.5 Å². The second-order valence-corrected chi connectivity index (χ2v) is 7.32. The molecule has 2 aromatic rings. The first kappa shape index (κ1) is 22.8. The maximum atomic E-state index is 12.8. The van der Waals surface area contributed by atoms with Crippen LogP contribution in [0.1, 0.15) is 22.3 Å². The molecular formula is C21H25NO9. The van der Waals surface area contributed by atoms with Crippen LogP contribution in [0.3, 0.4) is 0 Å². The van der Waals surface area contributed by atoms with Gasteiger partial charge in [-0.05, 0) is 24.1 Å². The fourth-order valence-corrected chi connectivity index (χ4v) is 3.32. The maximum absolute atomic E-state index is 12.8. The van der Waals surface area contributed by atoms with Crippen LogP contribution in [0.25, 0.3) is 0 Å². The predicted octanol–water partition coefficient (Wildman–Crippen LogP) is -0.326. The average Bonchev–Trinajstić information content (AvgIpc) is 2.73. The molecule has 10 heteroatoms. The van der Waals surface area contributed by atoms with Gasteiger partial charge in [0.15, 0.2) is 5.78 Å². The van der Waals surface area contributed by atoms with Crippen LogP contribution in [0.15, 0.2) is 36.4 Å². The number of nitrogens with two attached hydrogens (primary N) is 1. The van der Waals surface area contributed by atoms with E-state index in [2.05, 4.69) is 0 Å². The molecule has 1 aliphatic heterocycles. The van der Waals surface area contributed by atoms with E-state index in [0.29, 0.717) is 12.1 Å². The highest BCUT2D eigenvalue weighted by Crippen LogP contribution is 2.36. The number of hydrogen-bond acceptors (Lipinski definition) is 10. The molecular weight excluding hydrogens is 410 g/mol. The Morgan fingerprint density at radius 3 is 2.35 bits per heavy atom. The molecule has 1 aliphatic rings. The van der Waals surface area contributed by atoms with Gasteiger partial charge in [-0.25, -0.2) is 0 Å². The van der Waals surface area contributed by atoms with Crippen LogP contribution in [0.5, 0.6) is 17.2 Å². The number of phenolic OH excluding ortho intramolecular Hbond substituents is 2. The molecule has 0 amide bonds. The van der Waals surface area contributed by atoms with E-state index in [9.17, 15) is 35.4 Å². The zero-order valence-electron chi connectivity index (χ0n) is 16.5. The van der Waals surface area contributed by atoms with Crippen LogP contribution in [-0.4, -0.2) is 73.7 Å². The first-order chi connectivity index (χ1) is 14.7. The quantitative estimate of drug-likeness (QED) is 0.225. The topological polar surface area (TPSA) is 183 Å². The summed E-state index contributed by atoms with van der Waals surface area (Å²) in [7, 11) is 0. The SMILES string of the molecule is Nc1ccc(CCC(=O)c2c(O)cc(O)cc2O[C@@H]2O[C@@H](CO)[C@@H](O)[C@H](O)[C@H]2O)cc1. The third-order valence-electron chi connectivity index (χ3n) is 5.06. The number of benzene rings is 2. The van der Waals surface area contributed by atoms with E-state index in [-0.39, 0.29) is 17.7 Å². The molecule has 0 spiro atoms. The molecule has 1 saturated heterocycles. The largest absolute Gasteiger partial charge is 0.508 e. The zero-order chi connectivity index (χ0) is 22.7. The maximum Gasteiger partial charge on any atom is 0.229 e. The number of aliphatic hydroxyl groups is 4. The minimum atomic E-state index is -1.72. The van der Waals surface area contributed by atoms with Crippen molar-refractivity contribution in [1.29, 1.82) is 0 Å². The van der Waals surface area contributed by atoms with E-state index in [0.717, 1.165) is 17.7 Å². The molecule has 0 aliphatic carbocycles. The Labute approximate surface area is 177 Å². The van der Waals surface area contributed by atoms with E-state index < -0.39 is 54.6 Å². The van der Waals surface area contributed by atoms with Crippen molar-refractivity contribution in [3.8, 4) is 17.2 Å². The van der Waals surface area contributed by atoms with Crippen LogP contribution >= 0.6 is 0 Å². The van der Waals surface area contributed by atoms with E-state index in [1.165, 1.54) is 0 Å². The Balaban J connectivity index is 1.82. The van der Waals surface area contributed by atoms with Gasteiger partial charge in [-0.15, -0.1) is 0 Å². The summed E-state index contributed by atoms with van der Waals surface area (Å²) in [5, 5.41) is 59.3. The summed E-state index contributed by atoms with van der Waals surface area (Å²) in [6, 6.07) is 8.96. The molecule has 5 atom stereocenters. The second-order valence-electron chi connectivity index (χ2n) is 7.32. The predicted molar refractivity (Wildman–Crippen MR) is 108 cm³/mol. The lowest BCUT2D eigenvalue weighted by Gasteiger charge is -2.39. The summed E-state index contributed by atoms with van der Waals surface area (Å²) in [5.74, 6) is -1.74. The molecule has 10 nitrogen and oxygen atoms in total. The minimum Gasteiger partial charge on any atom is -0.508 e. The van der Waals surface area contributed by atoms with Crippen LogP contribution in [0.4, 0.5) is 5.69 Å². The summed E-state index contributed by atoms with van der Waals surface area (Å²) in [5.41, 5.74) is 6.83. The lowest BCUT2D eigenvalue weighted by Crippen LogP contribution is -2.60. The Morgan fingerprint density at radius 1 is 1.03 bits per heavy atom. The van der Waals surface area contributed by atoms with Crippen LogP contribution < -0.4 is 10.5 Å². The Bertz CT molecular complexity index is 916. The smallest absolute Gasteiger partial charge is 0.229 e. The molecule has 168 valence electrons. The minimum absolute atomic E-state index is 0.00665. The number of Topliss-reactive ketones (excluding diaryl/α,β-unsaturated/α-hetero) is 1. The molecule has 31 heavy (non-hydrogen) atoms. The Morgan fingerprint density at radius 2 is 1.71 bits per heavy atom.